The highest BCUT2D eigenvalue weighted by atomic mass is 19.2. The molecule has 20 heavy (non-hydrogen) atoms. The lowest BCUT2D eigenvalue weighted by molar-refractivity contribution is -0.139. The predicted octanol–water partition coefficient (Wildman–Crippen LogP) is 1.40. The van der Waals surface area contributed by atoms with Crippen molar-refractivity contribution >= 4 is 11.9 Å². The van der Waals surface area contributed by atoms with Crippen LogP contribution in [-0.4, -0.2) is 28.1 Å². The van der Waals surface area contributed by atoms with Crippen LogP contribution in [0, 0.1) is 23.4 Å². The summed E-state index contributed by atoms with van der Waals surface area (Å²) in [5, 5.41) is 19.9. The van der Waals surface area contributed by atoms with Crippen molar-refractivity contribution in [3.8, 4) is 5.75 Å². The Labute approximate surface area is 111 Å². The van der Waals surface area contributed by atoms with Gasteiger partial charge < -0.3 is 15.5 Å². The number of carboxylic acids is 1. The van der Waals surface area contributed by atoms with Crippen LogP contribution in [0.1, 0.15) is 23.2 Å². The number of hydrogen-bond donors (Lipinski definition) is 3. The Morgan fingerprint density at radius 2 is 1.85 bits per heavy atom. The normalized spacial score (nSPS) is 15.8. The van der Waals surface area contributed by atoms with Crippen LogP contribution in [0.4, 0.5) is 13.2 Å². The number of nitrogens with one attached hydrogen (secondary N) is 1. The van der Waals surface area contributed by atoms with E-state index >= 15 is 0 Å². The number of hydrogen-bond acceptors (Lipinski definition) is 3. The average molecular weight is 289 g/mol. The largest absolute Gasteiger partial charge is 0.503 e. The maximum absolute atomic E-state index is 13.5. The van der Waals surface area contributed by atoms with Crippen LogP contribution in [0.3, 0.4) is 0 Å². The van der Waals surface area contributed by atoms with E-state index in [1.807, 2.05) is 5.32 Å². The molecule has 3 N–H and O–H groups in total. The van der Waals surface area contributed by atoms with Gasteiger partial charge in [-0.05, 0) is 24.8 Å². The lowest BCUT2D eigenvalue weighted by Gasteiger charge is -2.14. The van der Waals surface area contributed by atoms with Crippen molar-refractivity contribution in [2.75, 3.05) is 0 Å². The van der Waals surface area contributed by atoms with Gasteiger partial charge in [0.1, 0.15) is 6.04 Å². The second-order valence-electron chi connectivity index (χ2n) is 4.51. The fourth-order valence-corrected chi connectivity index (χ4v) is 1.79. The second kappa shape index (κ2) is 5.03. The van der Waals surface area contributed by atoms with E-state index in [0.717, 1.165) is 0 Å². The summed E-state index contributed by atoms with van der Waals surface area (Å²) < 4.78 is 39.4. The third-order valence-electron chi connectivity index (χ3n) is 3.02. The summed E-state index contributed by atoms with van der Waals surface area (Å²) in [6, 6.07) is -0.955. The number of aromatic hydroxyl groups is 1. The number of carboxylic acid groups (broad SMARTS) is 1. The van der Waals surface area contributed by atoms with Crippen LogP contribution in [0.25, 0.3) is 0 Å². The third kappa shape index (κ3) is 2.54. The topological polar surface area (TPSA) is 86.6 Å². The van der Waals surface area contributed by atoms with Gasteiger partial charge in [-0.25, -0.2) is 13.6 Å². The molecule has 0 bridgehead atoms. The van der Waals surface area contributed by atoms with Crippen molar-refractivity contribution in [1.29, 1.82) is 0 Å². The monoisotopic (exact) mass is 289 g/mol. The zero-order valence-corrected chi connectivity index (χ0v) is 9.99. The van der Waals surface area contributed by atoms with Crippen molar-refractivity contribution in [3.63, 3.8) is 0 Å². The van der Waals surface area contributed by atoms with Gasteiger partial charge in [-0.15, -0.1) is 0 Å². The highest BCUT2D eigenvalue weighted by Gasteiger charge is 2.38. The van der Waals surface area contributed by atoms with Crippen molar-refractivity contribution < 1.29 is 33.0 Å². The molecule has 1 aliphatic rings. The summed E-state index contributed by atoms with van der Waals surface area (Å²) in [6.07, 6.45) is 1.20. The lowest BCUT2D eigenvalue weighted by Crippen LogP contribution is -2.42. The number of rotatable bonds is 4. The van der Waals surface area contributed by atoms with Gasteiger partial charge >= 0.3 is 5.97 Å². The molecular formula is C12H10F3NO4. The highest BCUT2D eigenvalue weighted by Crippen LogP contribution is 2.33. The molecule has 5 nitrogen and oxygen atoms in total. The van der Waals surface area contributed by atoms with E-state index < -0.39 is 46.7 Å². The number of phenolic OH excluding ortho intramolecular Hbond substituents is 1. The lowest BCUT2D eigenvalue weighted by atomic mass is 10.1. The zero-order valence-electron chi connectivity index (χ0n) is 9.99. The number of phenols is 1. The molecule has 8 heteroatoms. The van der Waals surface area contributed by atoms with E-state index in [0.29, 0.717) is 12.8 Å². The summed E-state index contributed by atoms with van der Waals surface area (Å²) in [5.74, 6) is -9.46. The molecule has 1 aromatic rings. The summed E-state index contributed by atoms with van der Waals surface area (Å²) in [4.78, 5) is 22.6. The number of amides is 1. The van der Waals surface area contributed by atoms with Crippen LogP contribution in [0.2, 0.25) is 0 Å². The maximum atomic E-state index is 13.5. The molecule has 1 saturated carbocycles. The van der Waals surface area contributed by atoms with Gasteiger partial charge in [0.2, 0.25) is 5.82 Å². The second-order valence-corrected chi connectivity index (χ2v) is 4.51. The maximum Gasteiger partial charge on any atom is 0.326 e. The Balaban J connectivity index is 2.27. The van der Waals surface area contributed by atoms with Crippen LogP contribution in [-0.2, 0) is 4.79 Å². The number of aliphatic carboxylic acids is 1. The molecule has 0 aromatic heterocycles. The molecule has 0 spiro atoms. The molecule has 1 atom stereocenters. The predicted molar refractivity (Wildman–Crippen MR) is 59.6 cm³/mol. The minimum atomic E-state index is -1.81. The third-order valence-corrected chi connectivity index (χ3v) is 3.02. The van der Waals surface area contributed by atoms with Gasteiger partial charge in [0, 0.05) is 0 Å². The standard InChI is InChI=1S/C12H10F3NO4/c13-6-3-5(7(14)10(17)8(6)15)11(18)16-9(12(19)20)4-1-2-4/h3-4,9,17H,1-2H2,(H,16,18)(H,19,20). The van der Waals surface area contributed by atoms with Crippen LogP contribution < -0.4 is 5.32 Å². The Morgan fingerprint density at radius 1 is 1.25 bits per heavy atom. The number of benzene rings is 1. The summed E-state index contributed by atoms with van der Waals surface area (Å²) in [7, 11) is 0. The minimum absolute atomic E-state index is 0.265. The molecule has 1 amide bonds. The van der Waals surface area contributed by atoms with Crippen LogP contribution in [0.15, 0.2) is 6.07 Å². The zero-order chi connectivity index (χ0) is 15.0. The van der Waals surface area contributed by atoms with Crippen molar-refractivity contribution in [1.82, 2.24) is 5.32 Å². The van der Waals surface area contributed by atoms with E-state index in [1.165, 1.54) is 0 Å². The Kier molecular flexibility index (Phi) is 3.56. The first-order valence-corrected chi connectivity index (χ1v) is 5.73. The van der Waals surface area contributed by atoms with Crippen molar-refractivity contribution in [2.45, 2.75) is 18.9 Å². The van der Waals surface area contributed by atoms with E-state index in [4.69, 9.17) is 10.2 Å². The Hall–Kier alpha value is -2.25. The van der Waals surface area contributed by atoms with Gasteiger partial charge in [-0.3, -0.25) is 4.79 Å². The van der Waals surface area contributed by atoms with Gasteiger partial charge in [0.25, 0.3) is 5.91 Å². The highest BCUT2D eigenvalue weighted by molar-refractivity contribution is 5.97. The molecule has 0 saturated heterocycles. The van der Waals surface area contributed by atoms with Crippen molar-refractivity contribution in [3.05, 3.63) is 29.1 Å². The summed E-state index contributed by atoms with van der Waals surface area (Å²) in [6.45, 7) is 0. The fourth-order valence-electron chi connectivity index (χ4n) is 1.79. The van der Waals surface area contributed by atoms with E-state index in [9.17, 15) is 22.8 Å². The quantitative estimate of drug-likeness (QED) is 0.731. The smallest absolute Gasteiger partial charge is 0.326 e. The Morgan fingerprint density at radius 3 is 2.35 bits per heavy atom. The molecular weight excluding hydrogens is 279 g/mol. The number of halogens is 3. The first kappa shape index (κ1) is 14.2. The van der Waals surface area contributed by atoms with Gasteiger partial charge in [0.15, 0.2) is 17.4 Å². The minimum Gasteiger partial charge on any atom is -0.503 e. The average Bonchev–Trinajstić information content (AvgIpc) is 3.21. The van der Waals surface area contributed by atoms with Crippen LogP contribution in [0.5, 0.6) is 5.75 Å². The summed E-state index contributed by atoms with van der Waals surface area (Å²) in [5.41, 5.74) is -0.951. The number of carbonyl (C=O) groups excluding carboxylic acids is 1. The molecule has 1 unspecified atom stereocenters. The van der Waals surface area contributed by atoms with Gasteiger partial charge in [0.05, 0.1) is 5.56 Å². The molecule has 0 aliphatic heterocycles. The Bertz CT molecular complexity index is 587. The molecule has 1 aromatic carbocycles. The molecule has 0 heterocycles. The molecule has 1 aliphatic carbocycles. The molecule has 0 radical (unpaired) electrons. The first-order chi connectivity index (χ1) is 9.32. The molecule has 1 fully saturated rings. The number of carbonyl (C=O) groups is 2. The summed E-state index contributed by atoms with van der Waals surface area (Å²) >= 11 is 0. The van der Waals surface area contributed by atoms with E-state index in [1.54, 1.807) is 0 Å². The first-order valence-electron chi connectivity index (χ1n) is 5.73. The van der Waals surface area contributed by atoms with Crippen molar-refractivity contribution in [2.24, 2.45) is 5.92 Å². The molecule has 108 valence electrons. The van der Waals surface area contributed by atoms with Crippen LogP contribution >= 0.6 is 0 Å². The van der Waals surface area contributed by atoms with E-state index in [-0.39, 0.29) is 12.0 Å². The fraction of sp³-hybridized carbons (Fsp3) is 0.333. The van der Waals surface area contributed by atoms with E-state index in [2.05, 4.69) is 0 Å². The molecule has 2 rings (SSSR count). The van der Waals surface area contributed by atoms with Gasteiger partial charge in [-0.2, -0.15) is 4.39 Å². The van der Waals surface area contributed by atoms with Gasteiger partial charge in [-0.1, -0.05) is 0 Å². The SMILES string of the molecule is O=C(NC(C(=O)O)C1CC1)c1cc(F)c(F)c(O)c1F.